The van der Waals surface area contributed by atoms with E-state index in [1.54, 1.807) is 18.3 Å². The van der Waals surface area contributed by atoms with Gasteiger partial charge in [0.2, 0.25) is 11.8 Å². The molecule has 37 heavy (non-hydrogen) atoms. The first-order chi connectivity index (χ1) is 17.9. The summed E-state index contributed by atoms with van der Waals surface area (Å²) in [6.07, 6.45) is 8.02. The largest absolute Gasteiger partial charge is 0.474 e. The van der Waals surface area contributed by atoms with Crippen molar-refractivity contribution in [2.24, 2.45) is 0 Å². The maximum atomic E-state index is 12.5. The predicted octanol–water partition coefficient (Wildman–Crippen LogP) is 4.47. The second-order valence-electron chi connectivity index (χ2n) is 10.1. The number of nitrogens with zero attached hydrogens (tertiary/aromatic N) is 3. The molecule has 2 unspecified atom stereocenters. The van der Waals surface area contributed by atoms with Crippen LogP contribution in [0.2, 0.25) is 0 Å². The lowest BCUT2D eigenvalue weighted by Crippen LogP contribution is -2.42. The summed E-state index contributed by atoms with van der Waals surface area (Å²) in [5.74, 6) is 0.700. The molecule has 1 aromatic heterocycles. The average molecular weight is 509 g/mol. The van der Waals surface area contributed by atoms with Crippen LogP contribution in [0.15, 0.2) is 42.6 Å². The zero-order valence-electron chi connectivity index (χ0n) is 22.2. The Hall–Kier alpha value is -3.33. The summed E-state index contributed by atoms with van der Waals surface area (Å²) in [7, 11) is 2.11. The number of hydrogen-bond acceptors (Lipinski definition) is 6. The summed E-state index contributed by atoms with van der Waals surface area (Å²) < 4.78 is 5.88. The van der Waals surface area contributed by atoms with E-state index in [1.165, 1.54) is 12.8 Å². The quantitative estimate of drug-likeness (QED) is 0.438. The molecule has 9 heteroatoms. The van der Waals surface area contributed by atoms with Crippen LogP contribution in [0, 0.1) is 0 Å². The average Bonchev–Trinajstić information content (AvgIpc) is 3.58. The number of nitrogens with one attached hydrogen (secondary N) is 3. The van der Waals surface area contributed by atoms with Crippen molar-refractivity contribution in [1.29, 1.82) is 0 Å². The van der Waals surface area contributed by atoms with E-state index in [-0.39, 0.29) is 24.1 Å². The number of hydrogen-bond donors (Lipinski definition) is 3. The number of benzene rings is 1. The van der Waals surface area contributed by atoms with Crippen LogP contribution >= 0.6 is 0 Å². The first kappa shape index (κ1) is 26.7. The third-order valence-electron chi connectivity index (χ3n) is 7.36. The summed E-state index contributed by atoms with van der Waals surface area (Å²) in [5, 5.41) is 8.58. The fraction of sp³-hybridized carbons (Fsp3) is 0.536. The topological polar surface area (TPSA) is 98.8 Å². The highest BCUT2D eigenvalue weighted by molar-refractivity contribution is 5.99. The molecule has 1 saturated carbocycles. The van der Waals surface area contributed by atoms with Gasteiger partial charge in [-0.05, 0) is 83.3 Å². The van der Waals surface area contributed by atoms with E-state index in [1.807, 2.05) is 31.2 Å². The van der Waals surface area contributed by atoms with Gasteiger partial charge in [0.05, 0.1) is 11.9 Å². The van der Waals surface area contributed by atoms with Crippen molar-refractivity contribution in [2.45, 2.75) is 70.6 Å². The number of ether oxygens (including phenoxy) is 1. The van der Waals surface area contributed by atoms with Crippen LogP contribution in [0.1, 0.15) is 52.4 Å². The first-order valence-corrected chi connectivity index (χ1v) is 13.5. The number of carbonyl (C=O) groups excluding carboxylic acids is 2. The zero-order chi connectivity index (χ0) is 26.2. The van der Waals surface area contributed by atoms with E-state index in [0.717, 1.165) is 43.7 Å². The van der Waals surface area contributed by atoms with Gasteiger partial charge in [0, 0.05) is 55.6 Å². The Balaban J connectivity index is 1.23. The van der Waals surface area contributed by atoms with Gasteiger partial charge in [-0.15, -0.1) is 0 Å². The fourth-order valence-corrected chi connectivity index (χ4v) is 5.10. The highest BCUT2D eigenvalue weighted by atomic mass is 16.5. The van der Waals surface area contributed by atoms with Gasteiger partial charge in [0.25, 0.3) is 0 Å². The molecule has 1 aliphatic carbocycles. The summed E-state index contributed by atoms with van der Waals surface area (Å²) in [6, 6.07) is 11.8. The number of anilines is 3. The first-order valence-electron chi connectivity index (χ1n) is 13.5. The van der Waals surface area contributed by atoms with Crippen molar-refractivity contribution in [3.63, 3.8) is 0 Å². The van der Waals surface area contributed by atoms with Crippen molar-refractivity contribution < 1.29 is 14.3 Å². The van der Waals surface area contributed by atoms with Crippen molar-refractivity contribution in [1.82, 2.24) is 15.2 Å². The van der Waals surface area contributed by atoms with E-state index in [0.29, 0.717) is 30.6 Å². The molecule has 1 aromatic carbocycles. The van der Waals surface area contributed by atoms with Crippen molar-refractivity contribution in [2.75, 3.05) is 42.2 Å². The monoisotopic (exact) mass is 508 g/mol. The van der Waals surface area contributed by atoms with E-state index < -0.39 is 0 Å². The summed E-state index contributed by atoms with van der Waals surface area (Å²) in [6.45, 7) is 6.59. The molecule has 9 nitrogen and oxygen atoms in total. The molecular weight excluding hydrogens is 468 g/mol. The molecule has 0 bridgehead atoms. The lowest BCUT2D eigenvalue weighted by atomic mass is 10.1. The highest BCUT2D eigenvalue weighted by Crippen LogP contribution is 2.26. The minimum Gasteiger partial charge on any atom is -0.474 e. The van der Waals surface area contributed by atoms with E-state index in [2.05, 4.69) is 44.7 Å². The van der Waals surface area contributed by atoms with Crippen molar-refractivity contribution >= 4 is 29.0 Å². The molecule has 3 N–H and O–H groups in total. The number of likely N-dealkylation sites (N-methyl/N-ethyl adjacent to an activating group) is 1. The Kier molecular flexibility index (Phi) is 9.22. The zero-order valence-corrected chi connectivity index (χ0v) is 22.2. The molecule has 2 aliphatic rings. The molecule has 4 rings (SSSR count). The van der Waals surface area contributed by atoms with Crippen LogP contribution in [0.25, 0.3) is 0 Å². The highest BCUT2D eigenvalue weighted by Gasteiger charge is 2.29. The van der Waals surface area contributed by atoms with Crippen molar-refractivity contribution in [3.05, 3.63) is 42.6 Å². The van der Waals surface area contributed by atoms with Crippen LogP contribution < -0.4 is 25.6 Å². The number of pyridine rings is 1. The van der Waals surface area contributed by atoms with Crippen molar-refractivity contribution in [3.8, 4) is 5.88 Å². The molecule has 2 atom stereocenters. The Bertz CT molecular complexity index is 1020. The molecule has 2 heterocycles. The molecule has 1 saturated heterocycles. The molecule has 3 amide bonds. The Morgan fingerprint density at radius 2 is 1.78 bits per heavy atom. The molecule has 0 spiro atoms. The third kappa shape index (κ3) is 7.58. The Labute approximate surface area is 220 Å². The molecule has 2 fully saturated rings. The normalized spacial score (nSPS) is 18.6. The second-order valence-corrected chi connectivity index (χ2v) is 10.1. The fourth-order valence-electron chi connectivity index (χ4n) is 5.10. The molecular formula is C28H40N6O3. The predicted molar refractivity (Wildman–Crippen MR) is 147 cm³/mol. The van der Waals surface area contributed by atoms with Gasteiger partial charge in [-0.25, -0.2) is 9.78 Å². The van der Waals surface area contributed by atoms with E-state index in [9.17, 15) is 9.59 Å². The number of rotatable bonds is 10. The molecule has 200 valence electrons. The number of urea groups is 1. The smallest absolute Gasteiger partial charge is 0.323 e. The lowest BCUT2D eigenvalue weighted by Gasteiger charge is -2.30. The minimum atomic E-state index is -0.317. The second kappa shape index (κ2) is 12.8. The van der Waals surface area contributed by atoms with Gasteiger partial charge in [-0.3, -0.25) is 9.69 Å². The van der Waals surface area contributed by atoms with Gasteiger partial charge in [-0.2, -0.15) is 0 Å². The van der Waals surface area contributed by atoms with E-state index in [4.69, 9.17) is 4.74 Å². The van der Waals surface area contributed by atoms with Crippen LogP contribution in [0.4, 0.5) is 21.9 Å². The summed E-state index contributed by atoms with van der Waals surface area (Å²) in [5.41, 5.74) is 2.46. The molecule has 2 aromatic rings. The lowest BCUT2D eigenvalue weighted by molar-refractivity contribution is -0.122. The van der Waals surface area contributed by atoms with Crippen LogP contribution in [-0.4, -0.2) is 66.7 Å². The van der Waals surface area contributed by atoms with Crippen LogP contribution in [0.3, 0.4) is 0 Å². The summed E-state index contributed by atoms with van der Waals surface area (Å²) in [4.78, 5) is 33.4. The van der Waals surface area contributed by atoms with Crippen LogP contribution in [0.5, 0.6) is 5.88 Å². The van der Waals surface area contributed by atoms with Gasteiger partial charge < -0.3 is 25.6 Å². The molecule has 1 aliphatic heterocycles. The summed E-state index contributed by atoms with van der Waals surface area (Å²) >= 11 is 0. The Morgan fingerprint density at radius 1 is 1.08 bits per heavy atom. The maximum Gasteiger partial charge on any atom is 0.323 e. The number of aromatic nitrogens is 1. The Morgan fingerprint density at radius 3 is 2.46 bits per heavy atom. The SMILES string of the molecule is CCNC(=O)CC(C)N(C)C1CCN(c2ccc(NC(=O)Nc3ccc(OC4CCCC4)nc3)cc2)C1. The minimum absolute atomic E-state index is 0.102. The third-order valence-corrected chi connectivity index (χ3v) is 7.36. The number of amides is 3. The van der Waals surface area contributed by atoms with Gasteiger partial charge in [0.15, 0.2) is 0 Å². The molecule has 0 radical (unpaired) electrons. The van der Waals surface area contributed by atoms with Gasteiger partial charge in [0.1, 0.15) is 6.10 Å². The van der Waals surface area contributed by atoms with Crippen LogP contribution in [-0.2, 0) is 4.79 Å². The van der Waals surface area contributed by atoms with Gasteiger partial charge in [-0.1, -0.05) is 0 Å². The standard InChI is InChI=1S/C28H40N6O3/c1-4-29-26(35)17-20(2)33(3)24-15-16-34(19-24)23-12-9-21(10-13-23)31-28(36)32-22-11-14-27(30-18-22)37-25-7-5-6-8-25/h9-14,18,20,24-25H,4-8,15-17,19H2,1-3H3,(H,29,35)(H2,31,32,36). The maximum absolute atomic E-state index is 12.5. The number of carbonyl (C=O) groups is 2. The van der Waals surface area contributed by atoms with E-state index >= 15 is 0 Å². The van der Waals surface area contributed by atoms with Gasteiger partial charge >= 0.3 is 6.03 Å².